The van der Waals surface area contributed by atoms with E-state index < -0.39 is 0 Å². The summed E-state index contributed by atoms with van der Waals surface area (Å²) in [7, 11) is 1.98. The Morgan fingerprint density at radius 1 is 1.45 bits per heavy atom. The van der Waals surface area contributed by atoms with Gasteiger partial charge in [-0.25, -0.2) is 4.98 Å². The van der Waals surface area contributed by atoms with Gasteiger partial charge in [0, 0.05) is 26.2 Å². The minimum atomic E-state index is 0. The smallest absolute Gasteiger partial charge is 0.213 e. The van der Waals surface area contributed by atoms with Crippen LogP contribution in [0.5, 0.6) is 5.88 Å². The van der Waals surface area contributed by atoms with Crippen molar-refractivity contribution >= 4 is 5.78 Å². The summed E-state index contributed by atoms with van der Waals surface area (Å²) < 4.78 is 5.74. The number of ether oxygens (including phenoxy) is 1. The Morgan fingerprint density at radius 3 is 2.65 bits per heavy atom. The summed E-state index contributed by atoms with van der Waals surface area (Å²) in [5.74, 6) is 0.893. The lowest BCUT2D eigenvalue weighted by atomic mass is 9.89. The monoisotopic (exact) mass is 280 g/mol. The van der Waals surface area contributed by atoms with Crippen LogP contribution in [0.4, 0.5) is 0 Å². The van der Waals surface area contributed by atoms with Crippen molar-refractivity contribution in [2.45, 2.75) is 58.6 Å². The molecule has 4 heteroatoms. The van der Waals surface area contributed by atoms with Crippen LogP contribution >= 0.6 is 0 Å². The summed E-state index contributed by atoms with van der Waals surface area (Å²) in [6.07, 6.45) is 5.52. The van der Waals surface area contributed by atoms with Crippen LogP contribution in [0.2, 0.25) is 0 Å². The standard InChI is InChI=1S/C14H20N2O2.C2H6.H2/c1-10(17)3-4-11-5-6-14(16-9-11)18-13-7-12(8-13)15-2;1-2;/h5-6,9,12-13,15H,3-4,7-8H2,1-2H3;1-2H3;1H. The van der Waals surface area contributed by atoms with Crippen molar-refractivity contribution in [3.63, 3.8) is 0 Å². The Morgan fingerprint density at radius 2 is 2.15 bits per heavy atom. The predicted octanol–water partition coefficient (Wildman–Crippen LogP) is 3.00. The first kappa shape index (κ1) is 16.6. The van der Waals surface area contributed by atoms with E-state index in [1.54, 1.807) is 13.1 Å². The molecule has 1 aromatic heterocycles. The molecule has 0 spiro atoms. The molecule has 1 saturated carbocycles. The molecule has 20 heavy (non-hydrogen) atoms. The highest BCUT2D eigenvalue weighted by Crippen LogP contribution is 2.24. The van der Waals surface area contributed by atoms with E-state index >= 15 is 0 Å². The molecule has 114 valence electrons. The largest absolute Gasteiger partial charge is 0.474 e. The fourth-order valence-electron chi connectivity index (χ4n) is 2.02. The van der Waals surface area contributed by atoms with Gasteiger partial charge in [-0.2, -0.15) is 0 Å². The van der Waals surface area contributed by atoms with Crippen LogP contribution in [0.3, 0.4) is 0 Å². The quantitative estimate of drug-likeness (QED) is 0.870. The lowest BCUT2D eigenvalue weighted by Crippen LogP contribution is -2.45. The Balaban J connectivity index is 0.00000128. The van der Waals surface area contributed by atoms with Gasteiger partial charge in [-0.05, 0) is 38.8 Å². The number of Topliss-reactive ketones (excluding diaryl/α,β-unsaturated/α-hetero) is 1. The molecule has 0 bridgehead atoms. The van der Waals surface area contributed by atoms with Gasteiger partial charge in [0.1, 0.15) is 11.9 Å². The second-order valence-electron chi connectivity index (χ2n) is 4.90. The van der Waals surface area contributed by atoms with E-state index in [1.807, 2.05) is 33.0 Å². The van der Waals surface area contributed by atoms with E-state index in [9.17, 15) is 4.79 Å². The van der Waals surface area contributed by atoms with Crippen LogP contribution in [-0.2, 0) is 11.2 Å². The molecule has 0 radical (unpaired) electrons. The predicted molar refractivity (Wildman–Crippen MR) is 83.2 cm³/mol. The average Bonchev–Trinajstić information content (AvgIpc) is 2.43. The molecule has 0 aromatic carbocycles. The number of rotatable bonds is 6. The number of nitrogens with zero attached hydrogens (tertiary/aromatic N) is 1. The van der Waals surface area contributed by atoms with E-state index in [0.717, 1.165) is 24.8 Å². The highest BCUT2D eigenvalue weighted by molar-refractivity contribution is 5.75. The number of aryl methyl sites for hydroxylation is 1. The molecule has 1 N–H and O–H groups in total. The maximum Gasteiger partial charge on any atom is 0.213 e. The average molecular weight is 280 g/mol. The number of carbonyl (C=O) groups excluding carboxylic acids is 1. The first-order valence-corrected chi connectivity index (χ1v) is 7.45. The molecular formula is C16H28N2O2. The van der Waals surface area contributed by atoms with Gasteiger partial charge in [0.25, 0.3) is 0 Å². The Kier molecular flexibility index (Phi) is 7.23. The first-order valence-electron chi connectivity index (χ1n) is 7.45. The topological polar surface area (TPSA) is 51.2 Å². The zero-order chi connectivity index (χ0) is 15.0. The maximum absolute atomic E-state index is 10.9. The Bertz CT molecular complexity index is 403. The SMILES string of the molecule is CC.CNC1CC(Oc2ccc(CCC(C)=O)cn2)C1.[HH]. The number of ketones is 1. The van der Waals surface area contributed by atoms with Gasteiger partial charge in [0.15, 0.2) is 0 Å². The van der Waals surface area contributed by atoms with Crippen molar-refractivity contribution in [1.82, 2.24) is 10.3 Å². The molecule has 0 atom stereocenters. The Labute approximate surface area is 123 Å². The number of hydrogen-bond donors (Lipinski definition) is 1. The van der Waals surface area contributed by atoms with Crippen LogP contribution in [0.1, 0.15) is 47.0 Å². The van der Waals surface area contributed by atoms with Crippen LogP contribution < -0.4 is 10.1 Å². The van der Waals surface area contributed by atoms with E-state index in [-0.39, 0.29) is 13.3 Å². The van der Waals surface area contributed by atoms with Crippen molar-refractivity contribution in [2.75, 3.05) is 7.05 Å². The molecule has 1 aliphatic carbocycles. The minimum absolute atomic E-state index is 0. The minimum Gasteiger partial charge on any atom is -0.474 e. The molecule has 0 aliphatic heterocycles. The van der Waals surface area contributed by atoms with E-state index in [1.165, 1.54) is 0 Å². The summed E-state index contributed by atoms with van der Waals surface area (Å²) in [6.45, 7) is 5.61. The number of aromatic nitrogens is 1. The molecule has 1 aromatic rings. The molecule has 2 rings (SSSR count). The molecule has 1 heterocycles. The van der Waals surface area contributed by atoms with Gasteiger partial charge in [0.05, 0.1) is 0 Å². The summed E-state index contributed by atoms with van der Waals surface area (Å²) in [5, 5.41) is 3.22. The van der Waals surface area contributed by atoms with Crippen molar-refractivity contribution in [1.29, 1.82) is 0 Å². The fourth-order valence-corrected chi connectivity index (χ4v) is 2.02. The van der Waals surface area contributed by atoms with Crippen molar-refractivity contribution < 1.29 is 11.0 Å². The van der Waals surface area contributed by atoms with Crippen molar-refractivity contribution in [3.8, 4) is 5.88 Å². The molecule has 0 unspecified atom stereocenters. The van der Waals surface area contributed by atoms with Gasteiger partial charge in [0.2, 0.25) is 5.88 Å². The third-order valence-corrected chi connectivity index (χ3v) is 3.35. The molecule has 1 fully saturated rings. The summed E-state index contributed by atoms with van der Waals surface area (Å²) in [5.41, 5.74) is 1.08. The lowest BCUT2D eigenvalue weighted by Gasteiger charge is -2.34. The fraction of sp³-hybridized carbons (Fsp3) is 0.625. The van der Waals surface area contributed by atoms with Crippen molar-refractivity contribution in [3.05, 3.63) is 23.9 Å². The third kappa shape index (κ3) is 5.29. The van der Waals surface area contributed by atoms with Crippen LogP contribution in [0.15, 0.2) is 18.3 Å². The van der Waals surface area contributed by atoms with Crippen LogP contribution in [0, 0.1) is 0 Å². The number of nitrogens with one attached hydrogen (secondary N) is 1. The second kappa shape index (κ2) is 8.69. The summed E-state index contributed by atoms with van der Waals surface area (Å²) >= 11 is 0. The highest BCUT2D eigenvalue weighted by Gasteiger charge is 2.29. The van der Waals surface area contributed by atoms with E-state index in [4.69, 9.17) is 4.74 Å². The molecular weight excluding hydrogens is 252 g/mol. The third-order valence-electron chi connectivity index (χ3n) is 3.35. The second-order valence-corrected chi connectivity index (χ2v) is 4.90. The van der Waals surface area contributed by atoms with Gasteiger partial charge in [-0.15, -0.1) is 0 Å². The number of carbonyl (C=O) groups is 1. The van der Waals surface area contributed by atoms with Crippen molar-refractivity contribution in [2.24, 2.45) is 0 Å². The van der Waals surface area contributed by atoms with Crippen LogP contribution in [-0.4, -0.2) is 30.0 Å². The zero-order valence-corrected chi connectivity index (χ0v) is 13.0. The molecule has 0 amide bonds. The van der Waals surface area contributed by atoms with Gasteiger partial charge < -0.3 is 14.8 Å². The number of pyridine rings is 1. The number of hydrogen-bond acceptors (Lipinski definition) is 4. The van der Waals surface area contributed by atoms with Gasteiger partial charge in [-0.3, -0.25) is 0 Å². The normalized spacial score (nSPS) is 20.4. The zero-order valence-electron chi connectivity index (χ0n) is 13.0. The molecule has 4 nitrogen and oxygen atoms in total. The van der Waals surface area contributed by atoms with E-state index in [2.05, 4.69) is 10.3 Å². The molecule has 0 saturated heterocycles. The van der Waals surface area contributed by atoms with Gasteiger partial charge in [-0.1, -0.05) is 19.9 Å². The Hall–Kier alpha value is -1.42. The lowest BCUT2D eigenvalue weighted by molar-refractivity contribution is -0.116. The summed E-state index contributed by atoms with van der Waals surface area (Å²) in [6, 6.07) is 4.46. The molecule has 1 aliphatic rings. The highest BCUT2D eigenvalue weighted by atomic mass is 16.5. The van der Waals surface area contributed by atoms with Gasteiger partial charge >= 0.3 is 0 Å². The van der Waals surface area contributed by atoms with Crippen LogP contribution in [0.25, 0.3) is 0 Å². The maximum atomic E-state index is 10.9. The first-order chi connectivity index (χ1) is 9.67. The summed E-state index contributed by atoms with van der Waals surface area (Å²) in [4.78, 5) is 15.2. The van der Waals surface area contributed by atoms with E-state index in [0.29, 0.717) is 18.3 Å².